The van der Waals surface area contributed by atoms with Gasteiger partial charge in [0.1, 0.15) is 17.3 Å². The van der Waals surface area contributed by atoms with Gasteiger partial charge in [0.05, 0.1) is 17.8 Å². The maximum Gasteiger partial charge on any atom is 0.284 e. The summed E-state index contributed by atoms with van der Waals surface area (Å²) in [7, 11) is 0. The van der Waals surface area contributed by atoms with Gasteiger partial charge in [0.15, 0.2) is 0 Å². The molecule has 148 valence electrons. The Morgan fingerprint density at radius 3 is 2.54 bits per heavy atom. The number of ether oxygens (including phenoxy) is 1. The molecule has 0 aliphatic carbocycles. The molecular formula is C22H23F3N2O. The Bertz CT molecular complexity index is 960. The first-order chi connectivity index (χ1) is 13.3. The topological polar surface area (TPSA) is 35.0 Å². The maximum absolute atomic E-state index is 13.7. The minimum Gasteiger partial charge on any atom is -0.491 e. The van der Waals surface area contributed by atoms with Crippen molar-refractivity contribution in [3.05, 3.63) is 54.1 Å². The van der Waals surface area contributed by atoms with Crippen LogP contribution in [0.3, 0.4) is 0 Å². The lowest BCUT2D eigenvalue weighted by Crippen LogP contribution is -2.12. The van der Waals surface area contributed by atoms with Crippen molar-refractivity contribution in [2.45, 2.75) is 33.6 Å². The molecule has 1 atom stereocenters. The third kappa shape index (κ3) is 4.61. The third-order valence-corrected chi connectivity index (χ3v) is 4.47. The standard InChI is InChI=1S/C22H23F3N2O/c1-13(2)10-14(3)12-28-20-7-6-19(27-21(20)22(24)25)16-8-9-26-18-5-4-15(23)11-17(16)18/h4-9,11,13-14,22H,10,12H2,1-3H3. The quantitative estimate of drug-likeness (QED) is 0.467. The van der Waals surface area contributed by atoms with E-state index in [2.05, 4.69) is 23.8 Å². The van der Waals surface area contributed by atoms with Gasteiger partial charge in [-0.3, -0.25) is 4.98 Å². The van der Waals surface area contributed by atoms with E-state index in [4.69, 9.17) is 4.74 Å². The van der Waals surface area contributed by atoms with Crippen LogP contribution in [0.4, 0.5) is 13.2 Å². The second-order valence-corrected chi connectivity index (χ2v) is 7.45. The van der Waals surface area contributed by atoms with Gasteiger partial charge in [0, 0.05) is 17.1 Å². The van der Waals surface area contributed by atoms with E-state index < -0.39 is 17.9 Å². The number of pyridine rings is 2. The Labute approximate surface area is 162 Å². The minimum atomic E-state index is -2.78. The molecule has 0 aliphatic heterocycles. The van der Waals surface area contributed by atoms with Gasteiger partial charge in [-0.05, 0) is 54.7 Å². The van der Waals surface area contributed by atoms with Crippen LogP contribution in [-0.2, 0) is 0 Å². The van der Waals surface area contributed by atoms with Crippen LogP contribution in [0.25, 0.3) is 22.2 Å². The van der Waals surface area contributed by atoms with E-state index in [1.807, 2.05) is 6.92 Å². The Hall–Kier alpha value is -2.63. The first-order valence-electron chi connectivity index (χ1n) is 9.31. The normalized spacial score (nSPS) is 12.7. The van der Waals surface area contributed by atoms with Crippen LogP contribution in [0.15, 0.2) is 42.6 Å². The number of aromatic nitrogens is 2. The number of rotatable bonds is 7. The lowest BCUT2D eigenvalue weighted by atomic mass is 10.00. The van der Waals surface area contributed by atoms with Crippen LogP contribution in [0.2, 0.25) is 0 Å². The highest BCUT2D eigenvalue weighted by Crippen LogP contribution is 2.33. The number of hydrogen-bond acceptors (Lipinski definition) is 3. The Balaban J connectivity index is 1.94. The van der Waals surface area contributed by atoms with Gasteiger partial charge in [-0.1, -0.05) is 20.8 Å². The summed E-state index contributed by atoms with van der Waals surface area (Å²) in [5.41, 5.74) is 1.04. The van der Waals surface area contributed by atoms with E-state index in [1.165, 1.54) is 18.2 Å². The van der Waals surface area contributed by atoms with E-state index in [9.17, 15) is 13.2 Å². The lowest BCUT2D eigenvalue weighted by molar-refractivity contribution is 0.137. The van der Waals surface area contributed by atoms with Crippen LogP contribution in [0, 0.1) is 17.7 Å². The molecule has 0 N–H and O–H groups in total. The monoisotopic (exact) mass is 388 g/mol. The summed E-state index contributed by atoms with van der Waals surface area (Å²) in [4.78, 5) is 8.32. The van der Waals surface area contributed by atoms with E-state index in [0.29, 0.717) is 34.7 Å². The van der Waals surface area contributed by atoms with Crippen molar-refractivity contribution in [3.63, 3.8) is 0 Å². The van der Waals surface area contributed by atoms with Crippen LogP contribution in [-0.4, -0.2) is 16.6 Å². The van der Waals surface area contributed by atoms with Gasteiger partial charge in [-0.25, -0.2) is 18.2 Å². The van der Waals surface area contributed by atoms with Crippen LogP contribution < -0.4 is 4.74 Å². The summed E-state index contributed by atoms with van der Waals surface area (Å²) < 4.78 is 46.6. The van der Waals surface area contributed by atoms with Gasteiger partial charge in [0.25, 0.3) is 6.43 Å². The SMILES string of the molecule is CC(C)CC(C)COc1ccc(-c2ccnc3ccc(F)cc23)nc1C(F)F. The molecule has 0 aliphatic rings. The zero-order valence-electron chi connectivity index (χ0n) is 16.1. The van der Waals surface area contributed by atoms with Crippen molar-refractivity contribution in [1.82, 2.24) is 9.97 Å². The Morgan fingerprint density at radius 2 is 1.82 bits per heavy atom. The van der Waals surface area contributed by atoms with E-state index in [1.54, 1.807) is 24.4 Å². The second kappa shape index (κ2) is 8.59. The molecule has 3 nitrogen and oxygen atoms in total. The van der Waals surface area contributed by atoms with Crippen LogP contribution in [0.1, 0.15) is 39.3 Å². The van der Waals surface area contributed by atoms with Gasteiger partial charge in [-0.2, -0.15) is 0 Å². The average Bonchev–Trinajstić information content (AvgIpc) is 2.65. The summed E-state index contributed by atoms with van der Waals surface area (Å²) >= 11 is 0. The smallest absolute Gasteiger partial charge is 0.284 e. The summed E-state index contributed by atoms with van der Waals surface area (Å²) in [6, 6.07) is 8.97. The van der Waals surface area contributed by atoms with Crippen molar-refractivity contribution >= 4 is 10.9 Å². The average molecular weight is 388 g/mol. The molecule has 0 bridgehead atoms. The predicted octanol–water partition coefficient (Wildman–Crippen LogP) is 6.43. The summed E-state index contributed by atoms with van der Waals surface area (Å²) in [6.07, 6.45) is -0.276. The number of nitrogens with zero attached hydrogens (tertiary/aromatic N) is 2. The second-order valence-electron chi connectivity index (χ2n) is 7.45. The first-order valence-corrected chi connectivity index (χ1v) is 9.31. The summed E-state index contributed by atoms with van der Waals surface area (Å²) in [6.45, 7) is 6.60. The molecular weight excluding hydrogens is 365 g/mol. The van der Waals surface area contributed by atoms with Crippen molar-refractivity contribution in [3.8, 4) is 17.0 Å². The van der Waals surface area contributed by atoms with E-state index >= 15 is 0 Å². The van der Waals surface area contributed by atoms with Gasteiger partial charge >= 0.3 is 0 Å². The van der Waals surface area contributed by atoms with E-state index in [-0.39, 0.29) is 11.7 Å². The summed E-state index contributed by atoms with van der Waals surface area (Å²) in [5, 5.41) is 0.523. The fourth-order valence-corrected chi connectivity index (χ4v) is 3.34. The number of hydrogen-bond donors (Lipinski definition) is 0. The van der Waals surface area contributed by atoms with Crippen molar-refractivity contribution in [2.75, 3.05) is 6.61 Å². The van der Waals surface area contributed by atoms with E-state index in [0.717, 1.165) is 6.42 Å². The van der Waals surface area contributed by atoms with Crippen LogP contribution in [0.5, 0.6) is 5.75 Å². The Kier molecular flexibility index (Phi) is 6.17. The van der Waals surface area contributed by atoms with Crippen molar-refractivity contribution in [2.24, 2.45) is 11.8 Å². The largest absolute Gasteiger partial charge is 0.491 e. The fraction of sp³-hybridized carbons (Fsp3) is 0.364. The van der Waals surface area contributed by atoms with Gasteiger partial charge < -0.3 is 4.74 Å². The molecule has 0 spiro atoms. The van der Waals surface area contributed by atoms with Crippen LogP contribution >= 0.6 is 0 Å². The van der Waals surface area contributed by atoms with Crippen molar-refractivity contribution < 1.29 is 17.9 Å². The molecule has 0 fully saturated rings. The molecule has 0 radical (unpaired) electrons. The highest BCUT2D eigenvalue weighted by molar-refractivity contribution is 5.93. The predicted molar refractivity (Wildman–Crippen MR) is 104 cm³/mol. The van der Waals surface area contributed by atoms with Gasteiger partial charge in [0.2, 0.25) is 0 Å². The number of fused-ring (bicyclic) bond motifs is 1. The fourth-order valence-electron chi connectivity index (χ4n) is 3.34. The molecule has 2 aromatic heterocycles. The molecule has 3 rings (SSSR count). The molecule has 1 aromatic carbocycles. The summed E-state index contributed by atoms with van der Waals surface area (Å²) in [5.74, 6) is 0.417. The molecule has 3 aromatic rings. The lowest BCUT2D eigenvalue weighted by Gasteiger charge is -2.17. The molecule has 6 heteroatoms. The zero-order chi connectivity index (χ0) is 20.3. The highest BCUT2D eigenvalue weighted by atomic mass is 19.3. The molecule has 0 saturated heterocycles. The highest BCUT2D eigenvalue weighted by Gasteiger charge is 2.19. The molecule has 2 heterocycles. The molecule has 28 heavy (non-hydrogen) atoms. The van der Waals surface area contributed by atoms with Gasteiger partial charge in [-0.15, -0.1) is 0 Å². The number of halogens is 3. The molecule has 0 saturated carbocycles. The number of benzene rings is 1. The zero-order valence-corrected chi connectivity index (χ0v) is 16.1. The van der Waals surface area contributed by atoms with Crippen molar-refractivity contribution in [1.29, 1.82) is 0 Å². The Morgan fingerprint density at radius 1 is 1.04 bits per heavy atom. The minimum absolute atomic E-state index is 0.0823. The molecule has 1 unspecified atom stereocenters. The number of alkyl halides is 2. The maximum atomic E-state index is 13.7. The molecule has 0 amide bonds. The third-order valence-electron chi connectivity index (χ3n) is 4.47. The first kappa shape index (κ1) is 20.1.